The molecule has 3 rings (SSSR count). The lowest BCUT2D eigenvalue weighted by molar-refractivity contribution is -0.117. The number of amides is 1. The second-order valence-electron chi connectivity index (χ2n) is 5.39. The highest BCUT2D eigenvalue weighted by Gasteiger charge is 2.37. The first-order valence-corrected chi connectivity index (χ1v) is 8.67. The minimum atomic E-state index is -3.71. The van der Waals surface area contributed by atoms with E-state index < -0.39 is 15.3 Å². The first kappa shape index (κ1) is 15.2. The SMILES string of the molecule is NS(=O)(=O)C1CC(=O)N(c2ccc(N3CCOCC3)cn2)C1. The highest BCUT2D eigenvalue weighted by atomic mass is 32.2. The van der Waals surface area contributed by atoms with Crippen molar-refractivity contribution in [3.63, 3.8) is 0 Å². The Kier molecular flexibility index (Phi) is 4.02. The normalized spacial score (nSPS) is 23.1. The Morgan fingerprint density at radius 3 is 2.55 bits per heavy atom. The maximum Gasteiger partial charge on any atom is 0.229 e. The van der Waals surface area contributed by atoms with Gasteiger partial charge < -0.3 is 9.64 Å². The summed E-state index contributed by atoms with van der Waals surface area (Å²) in [5.41, 5.74) is 0.960. The Balaban J connectivity index is 1.74. The van der Waals surface area contributed by atoms with Crippen molar-refractivity contribution in [2.24, 2.45) is 5.14 Å². The Morgan fingerprint density at radius 1 is 1.27 bits per heavy atom. The fourth-order valence-electron chi connectivity index (χ4n) is 2.66. The van der Waals surface area contributed by atoms with Gasteiger partial charge in [-0.15, -0.1) is 0 Å². The predicted molar refractivity (Wildman–Crippen MR) is 81.1 cm³/mol. The number of morpholine rings is 1. The third-order valence-corrected chi connectivity index (χ3v) is 5.18. The third-order valence-electron chi connectivity index (χ3n) is 3.94. The van der Waals surface area contributed by atoms with Crippen molar-refractivity contribution in [3.05, 3.63) is 18.3 Å². The molecule has 3 heterocycles. The van der Waals surface area contributed by atoms with Crippen molar-refractivity contribution in [1.82, 2.24) is 4.98 Å². The summed E-state index contributed by atoms with van der Waals surface area (Å²) in [4.78, 5) is 19.8. The molecule has 2 aliphatic rings. The van der Waals surface area contributed by atoms with E-state index in [0.29, 0.717) is 19.0 Å². The van der Waals surface area contributed by atoms with Crippen molar-refractivity contribution >= 4 is 27.4 Å². The van der Waals surface area contributed by atoms with Gasteiger partial charge in [-0.05, 0) is 12.1 Å². The molecule has 1 aromatic heterocycles. The molecular weight excluding hydrogens is 308 g/mol. The van der Waals surface area contributed by atoms with Crippen LogP contribution in [0.5, 0.6) is 0 Å². The average molecular weight is 326 g/mol. The van der Waals surface area contributed by atoms with E-state index in [1.807, 2.05) is 6.07 Å². The predicted octanol–water partition coefficient (Wildman–Crippen LogP) is -0.688. The maximum absolute atomic E-state index is 12.0. The number of hydrogen-bond acceptors (Lipinski definition) is 6. The zero-order valence-corrected chi connectivity index (χ0v) is 12.8. The number of pyridine rings is 1. The lowest BCUT2D eigenvalue weighted by Gasteiger charge is -2.28. The van der Waals surface area contributed by atoms with Crippen LogP contribution in [0.3, 0.4) is 0 Å². The fourth-order valence-corrected chi connectivity index (χ4v) is 3.39. The standard InChI is InChI=1S/C13H18N4O4S/c14-22(19,20)11-7-13(18)17(9-11)12-2-1-10(8-15-12)16-3-5-21-6-4-16/h1-2,8,11H,3-7,9H2,(H2,14,19,20). The van der Waals surface area contributed by atoms with E-state index in [2.05, 4.69) is 9.88 Å². The van der Waals surface area contributed by atoms with E-state index in [1.54, 1.807) is 12.3 Å². The first-order valence-electron chi connectivity index (χ1n) is 7.06. The van der Waals surface area contributed by atoms with Gasteiger partial charge in [0.1, 0.15) is 11.1 Å². The van der Waals surface area contributed by atoms with Crippen LogP contribution in [0.4, 0.5) is 11.5 Å². The number of nitrogens with zero attached hydrogens (tertiary/aromatic N) is 3. The summed E-state index contributed by atoms with van der Waals surface area (Å²) < 4.78 is 28.1. The number of ether oxygens (including phenoxy) is 1. The second kappa shape index (κ2) is 5.82. The van der Waals surface area contributed by atoms with Crippen LogP contribution in [0.25, 0.3) is 0 Å². The van der Waals surface area contributed by atoms with Crippen LogP contribution >= 0.6 is 0 Å². The Labute approximate surface area is 128 Å². The van der Waals surface area contributed by atoms with Crippen molar-refractivity contribution in [2.75, 3.05) is 42.6 Å². The van der Waals surface area contributed by atoms with Gasteiger partial charge in [-0.2, -0.15) is 0 Å². The lowest BCUT2D eigenvalue weighted by Crippen LogP contribution is -2.36. The molecule has 1 aromatic rings. The number of carbonyl (C=O) groups excluding carboxylic acids is 1. The molecule has 0 spiro atoms. The Morgan fingerprint density at radius 2 is 2.00 bits per heavy atom. The van der Waals surface area contributed by atoms with Crippen LogP contribution in [0.1, 0.15) is 6.42 Å². The summed E-state index contributed by atoms with van der Waals surface area (Å²) in [5.74, 6) is 0.179. The van der Waals surface area contributed by atoms with Gasteiger partial charge in [0.15, 0.2) is 0 Å². The van der Waals surface area contributed by atoms with Gasteiger partial charge in [0.25, 0.3) is 0 Å². The molecule has 0 radical (unpaired) electrons. The van der Waals surface area contributed by atoms with E-state index in [9.17, 15) is 13.2 Å². The third kappa shape index (κ3) is 3.06. The monoisotopic (exact) mass is 326 g/mol. The van der Waals surface area contributed by atoms with E-state index in [-0.39, 0.29) is 18.9 Å². The molecule has 120 valence electrons. The lowest BCUT2D eigenvalue weighted by atomic mass is 10.3. The topological polar surface area (TPSA) is 106 Å². The zero-order valence-electron chi connectivity index (χ0n) is 12.0. The van der Waals surface area contributed by atoms with Gasteiger partial charge in [0.05, 0.1) is 25.1 Å². The molecular formula is C13H18N4O4S. The minimum absolute atomic E-state index is 0.0571. The van der Waals surface area contributed by atoms with Gasteiger partial charge >= 0.3 is 0 Å². The molecule has 9 heteroatoms. The van der Waals surface area contributed by atoms with Crippen molar-refractivity contribution in [1.29, 1.82) is 0 Å². The molecule has 2 saturated heterocycles. The van der Waals surface area contributed by atoms with Crippen LogP contribution in [0, 0.1) is 0 Å². The molecule has 0 aromatic carbocycles. The van der Waals surface area contributed by atoms with Crippen LogP contribution < -0.4 is 14.9 Å². The molecule has 2 N–H and O–H groups in total. The Hall–Kier alpha value is -1.71. The number of anilines is 2. The number of primary sulfonamides is 1. The average Bonchev–Trinajstić information content (AvgIpc) is 2.90. The fraction of sp³-hybridized carbons (Fsp3) is 0.538. The quantitative estimate of drug-likeness (QED) is 0.788. The van der Waals surface area contributed by atoms with E-state index in [0.717, 1.165) is 18.8 Å². The minimum Gasteiger partial charge on any atom is -0.378 e. The summed E-state index contributed by atoms with van der Waals surface area (Å²) in [6.45, 7) is 3.03. The molecule has 0 aliphatic carbocycles. The van der Waals surface area contributed by atoms with E-state index in [1.165, 1.54) is 4.90 Å². The molecule has 2 aliphatic heterocycles. The van der Waals surface area contributed by atoms with Gasteiger partial charge in [0.2, 0.25) is 15.9 Å². The van der Waals surface area contributed by atoms with Crippen LogP contribution in [-0.4, -0.2) is 57.4 Å². The second-order valence-corrected chi connectivity index (χ2v) is 7.24. The van der Waals surface area contributed by atoms with Crippen LogP contribution in [-0.2, 0) is 19.6 Å². The highest BCUT2D eigenvalue weighted by Crippen LogP contribution is 2.24. The first-order chi connectivity index (χ1) is 10.4. The summed E-state index contributed by atoms with van der Waals surface area (Å²) in [6, 6.07) is 3.61. The molecule has 1 atom stereocenters. The summed E-state index contributed by atoms with van der Waals surface area (Å²) in [6.07, 6.45) is 1.60. The smallest absolute Gasteiger partial charge is 0.229 e. The number of nitrogens with two attached hydrogens (primary N) is 1. The van der Waals surface area contributed by atoms with Crippen molar-refractivity contribution in [3.8, 4) is 0 Å². The number of rotatable bonds is 3. The van der Waals surface area contributed by atoms with Gasteiger partial charge in [-0.1, -0.05) is 0 Å². The summed E-state index contributed by atoms with van der Waals surface area (Å²) in [7, 11) is -3.71. The molecule has 1 unspecified atom stereocenters. The van der Waals surface area contributed by atoms with Gasteiger partial charge in [-0.3, -0.25) is 9.69 Å². The van der Waals surface area contributed by atoms with Crippen LogP contribution in [0.2, 0.25) is 0 Å². The van der Waals surface area contributed by atoms with E-state index >= 15 is 0 Å². The largest absolute Gasteiger partial charge is 0.378 e. The molecule has 8 nitrogen and oxygen atoms in total. The summed E-state index contributed by atoms with van der Waals surface area (Å²) >= 11 is 0. The molecule has 1 amide bonds. The maximum atomic E-state index is 12.0. The molecule has 22 heavy (non-hydrogen) atoms. The number of carbonyl (C=O) groups is 1. The number of hydrogen-bond donors (Lipinski definition) is 1. The van der Waals surface area contributed by atoms with Crippen molar-refractivity contribution in [2.45, 2.75) is 11.7 Å². The number of aromatic nitrogens is 1. The van der Waals surface area contributed by atoms with Crippen LogP contribution in [0.15, 0.2) is 18.3 Å². The van der Waals surface area contributed by atoms with Crippen molar-refractivity contribution < 1.29 is 17.9 Å². The van der Waals surface area contributed by atoms with Gasteiger partial charge in [0, 0.05) is 26.1 Å². The molecule has 0 bridgehead atoms. The molecule has 0 saturated carbocycles. The highest BCUT2D eigenvalue weighted by molar-refractivity contribution is 7.89. The van der Waals surface area contributed by atoms with Gasteiger partial charge in [-0.25, -0.2) is 18.5 Å². The molecule has 2 fully saturated rings. The number of sulfonamides is 1. The summed E-state index contributed by atoms with van der Waals surface area (Å²) in [5, 5.41) is 4.26. The Bertz CT molecular complexity index is 655. The zero-order chi connectivity index (χ0) is 15.7. The van der Waals surface area contributed by atoms with E-state index in [4.69, 9.17) is 9.88 Å².